The smallest absolute Gasteiger partial charge is 0.334 e. The van der Waals surface area contributed by atoms with Crippen molar-refractivity contribution in [3.05, 3.63) is 16.5 Å². The molecule has 0 atom stereocenters. The molecule has 0 saturated heterocycles. The number of Topliss-reactive ketones (excluding diaryl/α,β-unsaturated/α-hetero) is 1. The van der Waals surface area contributed by atoms with E-state index < -0.39 is 0 Å². The van der Waals surface area contributed by atoms with E-state index in [9.17, 15) is 4.79 Å². The summed E-state index contributed by atoms with van der Waals surface area (Å²) in [5.74, 6) is 0.0474. The van der Waals surface area contributed by atoms with E-state index >= 15 is 0 Å². The fourth-order valence-electron chi connectivity index (χ4n) is 0.652. The molecular formula is C6H6N2OS. The molecule has 1 rings (SSSR count). The lowest BCUT2D eigenvalue weighted by atomic mass is 10.2. The summed E-state index contributed by atoms with van der Waals surface area (Å²) in [6, 6.07) is 0. The van der Waals surface area contributed by atoms with Crippen LogP contribution in [-0.2, 0) is 4.79 Å². The van der Waals surface area contributed by atoms with Gasteiger partial charge in [-0.25, -0.2) is 0 Å². The topological polar surface area (TPSA) is 53.5 Å². The second kappa shape index (κ2) is 2.82. The fourth-order valence-corrected chi connectivity index (χ4v) is 1.47. The zero-order chi connectivity index (χ0) is 7.56. The predicted molar refractivity (Wildman–Crippen MR) is 39.6 cm³/mol. The van der Waals surface area contributed by atoms with Crippen molar-refractivity contribution < 1.29 is 9.58 Å². The summed E-state index contributed by atoms with van der Waals surface area (Å²) in [6.07, 6.45) is 0.483. The third-order valence-electron chi connectivity index (χ3n) is 1.24. The Morgan fingerprint density at radius 1 is 1.90 bits per heavy atom. The normalized spacial score (nSPS) is 16.5. The first-order valence-corrected chi connectivity index (χ1v) is 3.69. The van der Waals surface area contributed by atoms with Crippen LogP contribution in [0.3, 0.4) is 0 Å². The number of carbonyl (C=O) groups is 1. The Hall–Kier alpha value is -0.860. The summed E-state index contributed by atoms with van der Waals surface area (Å²) >= 11 is 1.30. The maximum absolute atomic E-state index is 10.7. The van der Waals surface area contributed by atoms with Crippen molar-refractivity contribution in [2.45, 2.75) is 13.3 Å². The van der Waals surface area contributed by atoms with Gasteiger partial charge in [-0.05, 0) is 24.1 Å². The Morgan fingerprint density at radius 2 is 2.60 bits per heavy atom. The van der Waals surface area contributed by atoms with Gasteiger partial charge in [0, 0.05) is 5.57 Å². The zero-order valence-corrected chi connectivity index (χ0v) is 6.31. The third-order valence-corrected chi connectivity index (χ3v) is 2.14. The van der Waals surface area contributed by atoms with Crippen molar-refractivity contribution in [2.75, 3.05) is 0 Å². The van der Waals surface area contributed by atoms with Gasteiger partial charge in [0.2, 0.25) is 0 Å². The molecule has 1 aliphatic rings. The number of hydrogen-bond acceptors (Lipinski definition) is 2. The van der Waals surface area contributed by atoms with Crippen LogP contribution in [0, 0.1) is 0 Å². The van der Waals surface area contributed by atoms with Gasteiger partial charge in [-0.1, -0.05) is 0 Å². The molecule has 0 bridgehead atoms. The number of thioether (sulfide) groups is 1. The molecule has 0 aromatic carbocycles. The van der Waals surface area contributed by atoms with Crippen molar-refractivity contribution in [1.29, 1.82) is 0 Å². The Balaban J connectivity index is 2.73. The minimum atomic E-state index is 0.0474. The first kappa shape index (κ1) is 7.25. The Kier molecular flexibility index (Phi) is 2.04. The van der Waals surface area contributed by atoms with Gasteiger partial charge in [0.25, 0.3) is 0 Å². The number of carbonyl (C=O) groups excluding carboxylic acids is 1. The third kappa shape index (κ3) is 1.35. The number of nitrogens with zero attached hydrogens (tertiary/aromatic N) is 2. The van der Waals surface area contributed by atoms with Crippen LogP contribution in [0.2, 0.25) is 0 Å². The lowest BCUT2D eigenvalue weighted by Gasteiger charge is -1.85. The molecule has 0 aromatic heterocycles. The van der Waals surface area contributed by atoms with Crippen LogP contribution in [0.15, 0.2) is 11.0 Å². The second-order valence-corrected chi connectivity index (χ2v) is 2.93. The molecular weight excluding hydrogens is 148 g/mol. The van der Waals surface area contributed by atoms with Gasteiger partial charge in [-0.3, -0.25) is 4.79 Å². The Labute approximate surface area is 62.7 Å². The molecule has 1 heterocycles. The highest BCUT2D eigenvalue weighted by molar-refractivity contribution is 8.16. The van der Waals surface area contributed by atoms with E-state index in [1.807, 2.05) is 0 Å². The molecule has 0 amide bonds. The van der Waals surface area contributed by atoms with Crippen molar-refractivity contribution >= 4 is 22.6 Å². The van der Waals surface area contributed by atoms with E-state index in [0.717, 1.165) is 5.57 Å². The molecule has 52 valence electrons. The highest BCUT2D eigenvalue weighted by Crippen LogP contribution is 2.23. The standard InChI is InChI=1S/C6H6N2OS/c1-4(9)5-2-6(8-7)10-3-5/h3H,2H2,1H3. The minimum absolute atomic E-state index is 0.0474. The summed E-state index contributed by atoms with van der Waals surface area (Å²) in [6.45, 7) is 1.51. The van der Waals surface area contributed by atoms with Crippen LogP contribution < -0.4 is 0 Å². The average molecular weight is 154 g/mol. The van der Waals surface area contributed by atoms with Crippen LogP contribution in [0.4, 0.5) is 0 Å². The van der Waals surface area contributed by atoms with Crippen molar-refractivity contribution in [2.24, 2.45) is 0 Å². The molecule has 0 spiro atoms. The SMILES string of the molecule is CC(=O)C1=CSC(=[N+]=[N-])C1. The van der Waals surface area contributed by atoms with E-state index in [0.29, 0.717) is 11.5 Å². The summed E-state index contributed by atoms with van der Waals surface area (Å²) in [5.41, 5.74) is 9.01. The van der Waals surface area contributed by atoms with Crippen LogP contribution >= 0.6 is 11.8 Å². The van der Waals surface area contributed by atoms with Crippen molar-refractivity contribution in [3.63, 3.8) is 0 Å². The van der Waals surface area contributed by atoms with Crippen LogP contribution in [0.1, 0.15) is 13.3 Å². The maximum Gasteiger partial charge on any atom is 0.334 e. The highest BCUT2D eigenvalue weighted by atomic mass is 32.2. The summed E-state index contributed by atoms with van der Waals surface area (Å²) < 4.78 is 0. The van der Waals surface area contributed by atoms with E-state index in [1.165, 1.54) is 18.7 Å². The maximum atomic E-state index is 10.7. The van der Waals surface area contributed by atoms with E-state index in [-0.39, 0.29) is 5.78 Å². The van der Waals surface area contributed by atoms with Gasteiger partial charge in [-0.15, -0.1) is 0 Å². The number of rotatable bonds is 1. The number of allylic oxidation sites excluding steroid dienone is 1. The Morgan fingerprint density at radius 3 is 2.90 bits per heavy atom. The Bertz CT molecular complexity index is 250. The molecule has 0 aliphatic carbocycles. The molecule has 10 heavy (non-hydrogen) atoms. The monoisotopic (exact) mass is 154 g/mol. The van der Waals surface area contributed by atoms with Crippen LogP contribution in [0.25, 0.3) is 5.53 Å². The first-order chi connectivity index (χ1) is 4.74. The second-order valence-electron chi connectivity index (χ2n) is 1.99. The van der Waals surface area contributed by atoms with Gasteiger partial charge in [0.15, 0.2) is 5.78 Å². The molecule has 0 unspecified atom stereocenters. The minimum Gasteiger partial charge on any atom is -0.361 e. The summed E-state index contributed by atoms with van der Waals surface area (Å²) in [5, 5.41) is 2.31. The summed E-state index contributed by atoms with van der Waals surface area (Å²) in [4.78, 5) is 13.7. The number of hydrogen-bond donors (Lipinski definition) is 0. The lowest BCUT2D eigenvalue weighted by molar-refractivity contribution is -0.113. The average Bonchev–Trinajstić information content (AvgIpc) is 2.34. The van der Waals surface area contributed by atoms with Gasteiger partial charge in [-0.2, -0.15) is 4.79 Å². The molecule has 0 N–H and O–H groups in total. The van der Waals surface area contributed by atoms with E-state index in [2.05, 4.69) is 4.79 Å². The lowest BCUT2D eigenvalue weighted by Crippen LogP contribution is -1.96. The van der Waals surface area contributed by atoms with E-state index in [4.69, 9.17) is 5.53 Å². The van der Waals surface area contributed by atoms with Crippen molar-refractivity contribution in [1.82, 2.24) is 0 Å². The first-order valence-electron chi connectivity index (χ1n) is 2.81. The van der Waals surface area contributed by atoms with Crippen LogP contribution in [-0.4, -0.2) is 15.6 Å². The predicted octanol–water partition coefficient (Wildman–Crippen LogP) is 1.22. The quantitative estimate of drug-likeness (QED) is 0.421. The molecule has 0 aromatic rings. The van der Waals surface area contributed by atoms with Gasteiger partial charge in [0.05, 0.1) is 6.42 Å². The zero-order valence-electron chi connectivity index (χ0n) is 5.50. The highest BCUT2D eigenvalue weighted by Gasteiger charge is 2.21. The van der Waals surface area contributed by atoms with Crippen molar-refractivity contribution in [3.8, 4) is 0 Å². The fraction of sp³-hybridized carbons (Fsp3) is 0.333. The van der Waals surface area contributed by atoms with Crippen LogP contribution in [0.5, 0.6) is 0 Å². The molecule has 4 heteroatoms. The van der Waals surface area contributed by atoms with Gasteiger partial charge in [0.1, 0.15) is 0 Å². The molecule has 3 nitrogen and oxygen atoms in total. The summed E-state index contributed by atoms with van der Waals surface area (Å²) in [7, 11) is 0. The molecule has 1 aliphatic heterocycles. The molecule has 0 fully saturated rings. The van der Waals surface area contributed by atoms with Gasteiger partial charge < -0.3 is 5.53 Å². The molecule has 0 radical (unpaired) electrons. The van der Waals surface area contributed by atoms with Gasteiger partial charge >= 0.3 is 5.04 Å². The molecule has 0 saturated carbocycles. The largest absolute Gasteiger partial charge is 0.361 e. The number of ketones is 1. The van der Waals surface area contributed by atoms with E-state index in [1.54, 1.807) is 5.41 Å².